The Morgan fingerprint density at radius 2 is 1.80 bits per heavy atom. The largest absolute Gasteiger partial charge is 0.496 e. The molecule has 0 heterocycles. The number of sulfone groups is 1. The summed E-state index contributed by atoms with van der Waals surface area (Å²) in [6.07, 6.45) is 2.04. The zero-order valence-corrected chi connectivity index (χ0v) is 12.5. The predicted octanol–water partition coefficient (Wildman–Crippen LogP) is 1.51. The Kier molecular flexibility index (Phi) is 5.38. The molecule has 0 amide bonds. The molecule has 0 spiro atoms. The van der Waals surface area contributed by atoms with Crippen molar-refractivity contribution in [2.45, 2.75) is 24.2 Å². The van der Waals surface area contributed by atoms with Crippen LogP contribution < -0.4 is 9.47 Å². The molecule has 1 N–H and O–H groups in total. The van der Waals surface area contributed by atoms with Crippen molar-refractivity contribution in [3.63, 3.8) is 0 Å². The van der Waals surface area contributed by atoms with Gasteiger partial charge >= 0.3 is 5.97 Å². The number of carboxylic acid groups (broad SMARTS) is 1. The highest BCUT2D eigenvalue weighted by atomic mass is 32.2. The van der Waals surface area contributed by atoms with Crippen molar-refractivity contribution in [2.24, 2.45) is 0 Å². The summed E-state index contributed by atoms with van der Waals surface area (Å²) in [6.45, 7) is 0. The third kappa shape index (κ3) is 4.12. The van der Waals surface area contributed by atoms with Crippen LogP contribution in [0, 0.1) is 0 Å². The van der Waals surface area contributed by atoms with Gasteiger partial charge in [0.1, 0.15) is 16.4 Å². The van der Waals surface area contributed by atoms with Crippen LogP contribution in [-0.4, -0.2) is 40.0 Å². The van der Waals surface area contributed by atoms with Gasteiger partial charge in [-0.1, -0.05) is 0 Å². The number of aryl methyl sites for hydroxylation is 1. The Morgan fingerprint density at radius 1 is 1.20 bits per heavy atom. The fourth-order valence-corrected chi connectivity index (χ4v) is 2.68. The molecule has 6 nitrogen and oxygen atoms in total. The number of ether oxygens (including phenoxy) is 2. The van der Waals surface area contributed by atoms with E-state index >= 15 is 0 Å². The summed E-state index contributed by atoms with van der Waals surface area (Å²) in [5.74, 6) is -0.223. The second-order valence-electron chi connectivity index (χ2n) is 4.33. The lowest BCUT2D eigenvalue weighted by Gasteiger charge is -2.13. The standard InChI is InChI=1S/C13H18O6S/c1-18-10-8-12(20(3,16)17)11(19-2)7-9(10)5-4-6-13(14)15/h7-8H,4-6H2,1-3H3,(H,14,15). The lowest BCUT2D eigenvalue weighted by Crippen LogP contribution is -2.04. The smallest absolute Gasteiger partial charge is 0.303 e. The maximum atomic E-state index is 11.7. The monoisotopic (exact) mass is 302 g/mol. The van der Waals surface area contributed by atoms with Crippen LogP contribution in [0.2, 0.25) is 0 Å². The van der Waals surface area contributed by atoms with Gasteiger partial charge in [0.15, 0.2) is 9.84 Å². The predicted molar refractivity (Wildman–Crippen MR) is 73.2 cm³/mol. The van der Waals surface area contributed by atoms with Gasteiger partial charge in [0.05, 0.1) is 14.2 Å². The van der Waals surface area contributed by atoms with Crippen LogP contribution in [0.15, 0.2) is 17.0 Å². The first-order chi connectivity index (χ1) is 9.29. The molecule has 0 radical (unpaired) electrons. The number of aliphatic carboxylic acids is 1. The first-order valence-corrected chi connectivity index (χ1v) is 7.85. The molecule has 0 atom stereocenters. The molecule has 0 unspecified atom stereocenters. The number of hydrogen-bond acceptors (Lipinski definition) is 5. The van der Waals surface area contributed by atoms with E-state index in [2.05, 4.69) is 0 Å². The normalized spacial score (nSPS) is 11.2. The summed E-state index contributed by atoms with van der Waals surface area (Å²) < 4.78 is 33.6. The Bertz CT molecular complexity index is 591. The highest BCUT2D eigenvalue weighted by Gasteiger charge is 2.18. The van der Waals surface area contributed by atoms with Crippen LogP contribution in [0.1, 0.15) is 18.4 Å². The van der Waals surface area contributed by atoms with Gasteiger partial charge in [0, 0.05) is 18.7 Å². The lowest BCUT2D eigenvalue weighted by atomic mass is 10.1. The number of benzene rings is 1. The van der Waals surface area contributed by atoms with Gasteiger partial charge in [-0.25, -0.2) is 8.42 Å². The highest BCUT2D eigenvalue weighted by molar-refractivity contribution is 7.90. The summed E-state index contributed by atoms with van der Waals surface area (Å²) in [7, 11) is -0.603. The van der Waals surface area contributed by atoms with Gasteiger partial charge in [0.25, 0.3) is 0 Å². The zero-order valence-electron chi connectivity index (χ0n) is 11.7. The Balaban J connectivity index is 3.16. The van der Waals surface area contributed by atoms with E-state index in [1.807, 2.05) is 0 Å². The van der Waals surface area contributed by atoms with Crippen molar-refractivity contribution in [1.82, 2.24) is 0 Å². The van der Waals surface area contributed by atoms with Crippen molar-refractivity contribution >= 4 is 15.8 Å². The van der Waals surface area contributed by atoms with E-state index in [9.17, 15) is 13.2 Å². The molecule has 7 heteroatoms. The molecule has 0 aliphatic carbocycles. The van der Waals surface area contributed by atoms with Gasteiger partial charge in [0.2, 0.25) is 0 Å². The Morgan fingerprint density at radius 3 is 2.25 bits per heavy atom. The van der Waals surface area contributed by atoms with Crippen LogP contribution in [0.4, 0.5) is 0 Å². The van der Waals surface area contributed by atoms with Crippen molar-refractivity contribution < 1.29 is 27.8 Å². The van der Waals surface area contributed by atoms with Gasteiger partial charge < -0.3 is 14.6 Å². The Hall–Kier alpha value is -1.76. The summed E-state index contributed by atoms with van der Waals surface area (Å²) >= 11 is 0. The molecule has 20 heavy (non-hydrogen) atoms. The molecule has 0 aromatic heterocycles. The van der Waals surface area contributed by atoms with E-state index < -0.39 is 15.8 Å². The van der Waals surface area contributed by atoms with E-state index in [4.69, 9.17) is 14.6 Å². The Labute approximate surface area is 118 Å². The molecule has 112 valence electrons. The van der Waals surface area contributed by atoms with Crippen LogP contribution in [0.3, 0.4) is 0 Å². The number of hydrogen-bond donors (Lipinski definition) is 1. The van der Waals surface area contributed by atoms with Gasteiger partial charge in [-0.15, -0.1) is 0 Å². The SMILES string of the molecule is COc1cc(S(C)(=O)=O)c(OC)cc1CCCC(=O)O. The summed E-state index contributed by atoms with van der Waals surface area (Å²) in [6, 6.07) is 2.99. The highest BCUT2D eigenvalue weighted by Crippen LogP contribution is 2.32. The second-order valence-corrected chi connectivity index (χ2v) is 6.32. The quantitative estimate of drug-likeness (QED) is 0.821. The minimum absolute atomic E-state index is 0.0410. The van der Waals surface area contributed by atoms with E-state index in [-0.39, 0.29) is 17.1 Å². The molecule has 0 saturated carbocycles. The number of methoxy groups -OCH3 is 2. The van der Waals surface area contributed by atoms with Crippen molar-refractivity contribution in [3.8, 4) is 11.5 Å². The molecule has 1 rings (SSSR count). The fraction of sp³-hybridized carbons (Fsp3) is 0.462. The summed E-state index contributed by atoms with van der Waals surface area (Å²) in [5, 5.41) is 8.63. The van der Waals surface area contributed by atoms with Gasteiger partial charge in [-0.05, 0) is 24.5 Å². The maximum Gasteiger partial charge on any atom is 0.303 e. The molecule has 0 saturated heterocycles. The van der Waals surface area contributed by atoms with Crippen LogP contribution in [-0.2, 0) is 21.1 Å². The van der Waals surface area contributed by atoms with E-state index in [1.54, 1.807) is 6.07 Å². The molecule has 0 bridgehead atoms. The fourth-order valence-electron chi connectivity index (χ4n) is 1.85. The van der Waals surface area contributed by atoms with E-state index in [0.717, 1.165) is 11.8 Å². The minimum atomic E-state index is -3.43. The topological polar surface area (TPSA) is 89.9 Å². The average Bonchev–Trinajstić information content (AvgIpc) is 2.36. The minimum Gasteiger partial charge on any atom is -0.496 e. The first-order valence-electron chi connectivity index (χ1n) is 5.96. The molecule has 1 aromatic carbocycles. The average molecular weight is 302 g/mol. The number of carboxylic acids is 1. The van der Waals surface area contributed by atoms with E-state index in [0.29, 0.717) is 18.6 Å². The molecule has 0 aliphatic heterocycles. The molecule has 1 aromatic rings. The van der Waals surface area contributed by atoms with Crippen LogP contribution in [0.5, 0.6) is 11.5 Å². The van der Waals surface area contributed by atoms with Crippen molar-refractivity contribution in [1.29, 1.82) is 0 Å². The molecular weight excluding hydrogens is 284 g/mol. The van der Waals surface area contributed by atoms with Crippen molar-refractivity contribution in [3.05, 3.63) is 17.7 Å². The second kappa shape index (κ2) is 6.60. The van der Waals surface area contributed by atoms with Crippen LogP contribution in [0.25, 0.3) is 0 Å². The zero-order chi connectivity index (χ0) is 15.3. The lowest BCUT2D eigenvalue weighted by molar-refractivity contribution is -0.137. The molecular formula is C13H18O6S. The van der Waals surface area contributed by atoms with Crippen molar-refractivity contribution in [2.75, 3.05) is 20.5 Å². The number of rotatable bonds is 7. The third-order valence-corrected chi connectivity index (χ3v) is 3.92. The molecule has 0 aliphatic rings. The van der Waals surface area contributed by atoms with Crippen LogP contribution >= 0.6 is 0 Å². The molecule has 0 fully saturated rings. The maximum absolute atomic E-state index is 11.7. The van der Waals surface area contributed by atoms with Gasteiger partial charge in [-0.2, -0.15) is 0 Å². The summed E-state index contributed by atoms with van der Waals surface area (Å²) in [5.41, 5.74) is 0.720. The summed E-state index contributed by atoms with van der Waals surface area (Å²) in [4.78, 5) is 10.6. The third-order valence-electron chi connectivity index (χ3n) is 2.80. The number of carbonyl (C=O) groups is 1. The van der Waals surface area contributed by atoms with E-state index in [1.165, 1.54) is 20.3 Å². The van der Waals surface area contributed by atoms with Gasteiger partial charge in [-0.3, -0.25) is 4.79 Å². The first kappa shape index (κ1) is 16.3.